The molecule has 1 aromatic carbocycles. The van der Waals surface area contributed by atoms with Gasteiger partial charge in [-0.1, -0.05) is 18.2 Å². The lowest BCUT2D eigenvalue weighted by Crippen LogP contribution is -2.40. The van der Waals surface area contributed by atoms with E-state index in [4.69, 9.17) is 0 Å². The first kappa shape index (κ1) is 14.0. The molecule has 1 atom stereocenters. The van der Waals surface area contributed by atoms with E-state index < -0.39 is 15.4 Å². The van der Waals surface area contributed by atoms with Gasteiger partial charge in [0.1, 0.15) is 0 Å². The fourth-order valence-electron chi connectivity index (χ4n) is 2.35. The van der Waals surface area contributed by atoms with Gasteiger partial charge in [0.15, 0.2) is 0 Å². The smallest absolute Gasteiger partial charge is 0.243 e. The van der Waals surface area contributed by atoms with Gasteiger partial charge in [-0.25, -0.2) is 8.42 Å². The van der Waals surface area contributed by atoms with Crippen molar-refractivity contribution in [2.75, 3.05) is 20.1 Å². The Morgan fingerprint density at radius 1 is 1.32 bits per heavy atom. The van der Waals surface area contributed by atoms with Crippen LogP contribution < -0.4 is 5.32 Å². The predicted octanol–water partition coefficient (Wildman–Crippen LogP) is 0.833. The molecule has 1 amide bonds. The molecule has 1 aliphatic rings. The van der Waals surface area contributed by atoms with E-state index in [0.717, 1.165) is 0 Å². The Labute approximate surface area is 113 Å². The summed E-state index contributed by atoms with van der Waals surface area (Å²) in [7, 11) is -1.93. The molecule has 2 rings (SSSR count). The molecular formula is C13H18N2O3S. The van der Waals surface area contributed by atoms with Gasteiger partial charge in [-0.3, -0.25) is 4.79 Å². The van der Waals surface area contributed by atoms with Gasteiger partial charge in [0, 0.05) is 20.1 Å². The van der Waals surface area contributed by atoms with E-state index >= 15 is 0 Å². The number of hydrogen-bond acceptors (Lipinski definition) is 3. The lowest BCUT2D eigenvalue weighted by atomic mass is 9.89. The maximum atomic E-state index is 12.4. The number of hydrogen-bond donors (Lipinski definition) is 1. The topological polar surface area (TPSA) is 66.5 Å². The number of sulfonamides is 1. The van der Waals surface area contributed by atoms with Crippen LogP contribution in [0.4, 0.5) is 0 Å². The average Bonchev–Trinajstić information content (AvgIpc) is 2.83. The molecule has 0 spiro atoms. The van der Waals surface area contributed by atoms with Gasteiger partial charge in [-0.15, -0.1) is 0 Å². The highest BCUT2D eigenvalue weighted by Crippen LogP contribution is 2.33. The Morgan fingerprint density at radius 3 is 2.53 bits per heavy atom. The van der Waals surface area contributed by atoms with Gasteiger partial charge in [0.05, 0.1) is 10.3 Å². The van der Waals surface area contributed by atoms with E-state index in [0.29, 0.717) is 13.0 Å². The molecule has 1 unspecified atom stereocenters. The van der Waals surface area contributed by atoms with Crippen LogP contribution in [0.15, 0.2) is 35.2 Å². The van der Waals surface area contributed by atoms with Gasteiger partial charge < -0.3 is 5.32 Å². The molecule has 1 N–H and O–H groups in total. The van der Waals surface area contributed by atoms with Crippen molar-refractivity contribution in [1.29, 1.82) is 0 Å². The second-order valence-corrected chi connectivity index (χ2v) is 6.98. The van der Waals surface area contributed by atoms with Crippen molar-refractivity contribution in [2.45, 2.75) is 18.2 Å². The Hall–Kier alpha value is -1.40. The van der Waals surface area contributed by atoms with Crippen molar-refractivity contribution >= 4 is 15.9 Å². The molecular weight excluding hydrogens is 264 g/mol. The van der Waals surface area contributed by atoms with Crippen LogP contribution in [-0.2, 0) is 14.8 Å². The van der Waals surface area contributed by atoms with Gasteiger partial charge >= 0.3 is 0 Å². The Morgan fingerprint density at radius 2 is 1.95 bits per heavy atom. The minimum atomic E-state index is -3.50. The molecule has 1 heterocycles. The van der Waals surface area contributed by atoms with Crippen LogP contribution in [0.2, 0.25) is 0 Å². The van der Waals surface area contributed by atoms with Crippen molar-refractivity contribution in [3.05, 3.63) is 30.3 Å². The Kier molecular flexibility index (Phi) is 3.64. The summed E-state index contributed by atoms with van der Waals surface area (Å²) in [5, 5.41) is 2.60. The standard InChI is InChI=1S/C13H18N2O3S/c1-13(12(16)14-2)8-9-15(10-13)19(17,18)11-6-4-3-5-7-11/h3-7H,8-10H2,1-2H3,(H,14,16). The summed E-state index contributed by atoms with van der Waals surface area (Å²) >= 11 is 0. The zero-order valence-electron chi connectivity index (χ0n) is 11.1. The van der Waals surface area contributed by atoms with Gasteiger partial charge in [-0.05, 0) is 25.5 Å². The third kappa shape index (κ3) is 2.50. The monoisotopic (exact) mass is 282 g/mol. The average molecular weight is 282 g/mol. The molecule has 1 fully saturated rings. The highest BCUT2D eigenvalue weighted by molar-refractivity contribution is 7.89. The molecule has 1 aliphatic heterocycles. The summed E-state index contributed by atoms with van der Waals surface area (Å²) in [6.07, 6.45) is 0.540. The fourth-order valence-corrected chi connectivity index (χ4v) is 3.94. The van der Waals surface area contributed by atoms with Crippen molar-refractivity contribution < 1.29 is 13.2 Å². The molecule has 1 saturated heterocycles. The lowest BCUT2D eigenvalue weighted by molar-refractivity contribution is -0.128. The van der Waals surface area contributed by atoms with Crippen LogP contribution in [0.5, 0.6) is 0 Å². The second kappa shape index (κ2) is 4.94. The number of nitrogens with one attached hydrogen (secondary N) is 1. The number of benzene rings is 1. The predicted molar refractivity (Wildman–Crippen MR) is 72.0 cm³/mol. The summed E-state index contributed by atoms with van der Waals surface area (Å²) in [5.41, 5.74) is -0.642. The maximum Gasteiger partial charge on any atom is 0.243 e. The lowest BCUT2D eigenvalue weighted by Gasteiger charge is -2.22. The minimum absolute atomic E-state index is 0.113. The molecule has 0 aromatic heterocycles. The molecule has 0 saturated carbocycles. The first-order chi connectivity index (χ1) is 8.90. The quantitative estimate of drug-likeness (QED) is 0.893. The zero-order chi connectivity index (χ0) is 14.1. The third-order valence-electron chi connectivity index (χ3n) is 3.59. The van der Waals surface area contributed by atoms with E-state index in [1.165, 1.54) is 4.31 Å². The summed E-state index contributed by atoms with van der Waals surface area (Å²) < 4.78 is 26.2. The van der Waals surface area contributed by atoms with Crippen LogP contribution in [0.25, 0.3) is 0 Å². The molecule has 19 heavy (non-hydrogen) atoms. The van der Waals surface area contributed by atoms with E-state index in [9.17, 15) is 13.2 Å². The summed E-state index contributed by atoms with van der Waals surface area (Å²) in [5.74, 6) is -0.113. The Balaban J connectivity index is 2.24. The summed E-state index contributed by atoms with van der Waals surface area (Å²) in [4.78, 5) is 12.1. The molecule has 6 heteroatoms. The van der Waals surface area contributed by atoms with E-state index in [-0.39, 0.29) is 17.3 Å². The number of carbonyl (C=O) groups is 1. The van der Waals surface area contributed by atoms with Crippen LogP contribution in [0.3, 0.4) is 0 Å². The highest BCUT2D eigenvalue weighted by Gasteiger charge is 2.44. The van der Waals surface area contributed by atoms with Crippen LogP contribution >= 0.6 is 0 Å². The highest BCUT2D eigenvalue weighted by atomic mass is 32.2. The molecule has 1 aromatic rings. The fraction of sp³-hybridized carbons (Fsp3) is 0.462. The molecule has 0 aliphatic carbocycles. The van der Waals surface area contributed by atoms with Gasteiger partial charge in [-0.2, -0.15) is 4.31 Å². The largest absolute Gasteiger partial charge is 0.359 e. The second-order valence-electron chi connectivity index (χ2n) is 5.04. The third-order valence-corrected chi connectivity index (χ3v) is 5.45. The van der Waals surface area contributed by atoms with Crippen molar-refractivity contribution in [1.82, 2.24) is 9.62 Å². The molecule has 0 bridgehead atoms. The number of amides is 1. The zero-order valence-corrected chi connectivity index (χ0v) is 11.9. The molecule has 104 valence electrons. The van der Waals surface area contributed by atoms with Crippen molar-refractivity contribution in [2.24, 2.45) is 5.41 Å². The number of rotatable bonds is 3. The van der Waals surface area contributed by atoms with Crippen LogP contribution in [0, 0.1) is 5.41 Å². The van der Waals surface area contributed by atoms with Crippen molar-refractivity contribution in [3.8, 4) is 0 Å². The van der Waals surface area contributed by atoms with Gasteiger partial charge in [0.2, 0.25) is 15.9 Å². The SMILES string of the molecule is CNC(=O)C1(C)CCN(S(=O)(=O)c2ccccc2)C1. The first-order valence-electron chi connectivity index (χ1n) is 6.17. The summed E-state index contributed by atoms with van der Waals surface area (Å²) in [6.45, 7) is 2.40. The molecule has 0 radical (unpaired) electrons. The summed E-state index contributed by atoms with van der Waals surface area (Å²) in [6, 6.07) is 8.31. The Bertz CT molecular complexity index is 571. The van der Waals surface area contributed by atoms with E-state index in [2.05, 4.69) is 5.32 Å². The van der Waals surface area contributed by atoms with E-state index in [1.807, 2.05) is 0 Å². The van der Waals surface area contributed by atoms with Gasteiger partial charge in [0.25, 0.3) is 0 Å². The number of carbonyl (C=O) groups excluding carboxylic acids is 1. The van der Waals surface area contributed by atoms with Crippen molar-refractivity contribution in [3.63, 3.8) is 0 Å². The first-order valence-corrected chi connectivity index (χ1v) is 7.61. The van der Waals surface area contributed by atoms with Crippen LogP contribution in [0.1, 0.15) is 13.3 Å². The molecule has 5 nitrogen and oxygen atoms in total. The minimum Gasteiger partial charge on any atom is -0.359 e. The van der Waals surface area contributed by atoms with E-state index in [1.54, 1.807) is 44.3 Å². The number of nitrogens with zero attached hydrogens (tertiary/aromatic N) is 1. The van der Waals surface area contributed by atoms with Crippen LogP contribution in [-0.4, -0.2) is 38.8 Å². The normalized spacial score (nSPS) is 24.3. The maximum absolute atomic E-state index is 12.4.